The molecular weight excluding hydrogens is 372 g/mol. The molecular formula is C23H36O4S. The number of hydrogen-bond donors (Lipinski definition) is 0. The van der Waals surface area contributed by atoms with Gasteiger partial charge in [0.25, 0.3) is 0 Å². The maximum atomic E-state index is 13.4. The molecule has 1 aromatic carbocycles. The van der Waals surface area contributed by atoms with E-state index in [1.54, 1.807) is 32.4 Å². The van der Waals surface area contributed by atoms with Crippen LogP contribution in [0.4, 0.5) is 0 Å². The number of rotatable bonds is 5. The topological polar surface area (TPSA) is 52.6 Å². The van der Waals surface area contributed by atoms with Crippen LogP contribution in [0.1, 0.15) is 59.8 Å². The van der Waals surface area contributed by atoms with E-state index in [2.05, 4.69) is 27.7 Å². The van der Waals surface area contributed by atoms with Crippen LogP contribution in [0.25, 0.3) is 0 Å². The van der Waals surface area contributed by atoms with Gasteiger partial charge in [0, 0.05) is 6.07 Å². The lowest BCUT2D eigenvalue weighted by molar-refractivity contribution is -0.0855. The first-order chi connectivity index (χ1) is 13.0. The summed E-state index contributed by atoms with van der Waals surface area (Å²) >= 11 is 0. The minimum Gasteiger partial charge on any atom is -0.497 e. The Morgan fingerprint density at radius 3 is 2.18 bits per heavy atom. The molecule has 2 aliphatic rings. The van der Waals surface area contributed by atoms with Crippen LogP contribution in [0.15, 0.2) is 23.1 Å². The number of fused-ring (bicyclic) bond motifs is 1. The monoisotopic (exact) mass is 408 g/mol. The van der Waals surface area contributed by atoms with Gasteiger partial charge in [0.1, 0.15) is 11.5 Å². The minimum absolute atomic E-state index is 0.0788. The van der Waals surface area contributed by atoms with E-state index in [9.17, 15) is 8.42 Å². The van der Waals surface area contributed by atoms with E-state index in [0.717, 1.165) is 12.8 Å². The lowest BCUT2D eigenvalue weighted by Crippen LogP contribution is -2.52. The van der Waals surface area contributed by atoms with Crippen LogP contribution in [-0.2, 0) is 9.84 Å². The van der Waals surface area contributed by atoms with E-state index in [1.165, 1.54) is 19.3 Å². The van der Waals surface area contributed by atoms with E-state index in [-0.39, 0.29) is 22.5 Å². The predicted octanol–water partition coefficient (Wildman–Crippen LogP) is 5.36. The summed E-state index contributed by atoms with van der Waals surface area (Å²) in [5, 5.41) is 0. The summed E-state index contributed by atoms with van der Waals surface area (Å²) in [7, 11) is -0.352. The lowest BCUT2D eigenvalue weighted by Gasteiger charge is -2.59. The molecule has 1 unspecified atom stereocenters. The molecule has 0 aliphatic heterocycles. The van der Waals surface area contributed by atoms with Crippen molar-refractivity contribution in [3.05, 3.63) is 18.2 Å². The zero-order valence-electron chi connectivity index (χ0n) is 18.2. The van der Waals surface area contributed by atoms with Gasteiger partial charge in [-0.3, -0.25) is 0 Å². The van der Waals surface area contributed by atoms with Crippen molar-refractivity contribution in [1.82, 2.24) is 0 Å². The van der Waals surface area contributed by atoms with Gasteiger partial charge in [-0.2, -0.15) is 0 Å². The Bertz CT molecular complexity index is 792. The zero-order valence-corrected chi connectivity index (χ0v) is 19.1. The normalized spacial score (nSPS) is 32.4. The molecule has 3 rings (SSSR count). The molecule has 4 atom stereocenters. The fourth-order valence-corrected chi connectivity index (χ4v) is 8.23. The van der Waals surface area contributed by atoms with Crippen molar-refractivity contribution in [3.63, 3.8) is 0 Å². The van der Waals surface area contributed by atoms with Crippen LogP contribution in [0.5, 0.6) is 11.5 Å². The zero-order chi connectivity index (χ0) is 20.7. The molecule has 0 radical (unpaired) electrons. The Morgan fingerprint density at radius 2 is 1.61 bits per heavy atom. The molecule has 0 heterocycles. The summed E-state index contributed by atoms with van der Waals surface area (Å²) in [5.74, 6) is 2.40. The predicted molar refractivity (Wildman–Crippen MR) is 113 cm³/mol. The molecule has 4 nitrogen and oxygen atoms in total. The van der Waals surface area contributed by atoms with Crippen LogP contribution >= 0.6 is 0 Å². The summed E-state index contributed by atoms with van der Waals surface area (Å²) in [6.07, 6.45) is 5.90. The average molecular weight is 409 g/mol. The van der Waals surface area contributed by atoms with E-state index >= 15 is 0 Å². The van der Waals surface area contributed by atoms with Crippen LogP contribution in [0, 0.1) is 28.6 Å². The smallest absolute Gasteiger partial charge is 0.178 e. The first-order valence-electron chi connectivity index (χ1n) is 10.5. The highest BCUT2D eigenvalue weighted by Gasteiger charge is 2.54. The number of benzene rings is 1. The molecule has 0 saturated heterocycles. The molecule has 1 aromatic rings. The van der Waals surface area contributed by atoms with Crippen molar-refractivity contribution in [2.24, 2.45) is 28.6 Å². The molecule has 0 amide bonds. The summed E-state index contributed by atoms with van der Waals surface area (Å²) < 4.78 is 37.5. The Hall–Kier alpha value is -1.23. The summed E-state index contributed by atoms with van der Waals surface area (Å²) in [5.41, 5.74) is 0.365. The highest BCUT2D eigenvalue weighted by Crippen LogP contribution is 2.61. The van der Waals surface area contributed by atoms with Gasteiger partial charge in [0.2, 0.25) is 0 Å². The van der Waals surface area contributed by atoms with E-state index < -0.39 is 9.84 Å². The fourth-order valence-electron chi connectivity index (χ4n) is 6.26. The first kappa shape index (κ1) is 21.5. The molecule has 0 N–H and O–H groups in total. The summed E-state index contributed by atoms with van der Waals surface area (Å²) in [6, 6.07) is 4.95. The number of sulfone groups is 1. The van der Waals surface area contributed by atoms with Gasteiger partial charge in [-0.15, -0.1) is 0 Å². The van der Waals surface area contributed by atoms with Crippen LogP contribution < -0.4 is 9.47 Å². The largest absolute Gasteiger partial charge is 0.497 e. The summed E-state index contributed by atoms with van der Waals surface area (Å²) in [6.45, 7) is 9.36. The van der Waals surface area contributed by atoms with E-state index in [0.29, 0.717) is 28.2 Å². The molecule has 0 spiro atoms. The molecule has 5 heteroatoms. The van der Waals surface area contributed by atoms with Crippen LogP contribution in [-0.4, -0.2) is 28.4 Å². The molecule has 2 saturated carbocycles. The quantitative estimate of drug-likeness (QED) is 0.658. The lowest BCUT2D eigenvalue weighted by atomic mass is 9.47. The highest BCUT2D eigenvalue weighted by molar-refractivity contribution is 7.91. The van der Waals surface area contributed by atoms with Crippen LogP contribution in [0.2, 0.25) is 0 Å². The second kappa shape index (κ2) is 7.55. The third-order valence-electron chi connectivity index (χ3n) is 7.80. The van der Waals surface area contributed by atoms with Gasteiger partial charge < -0.3 is 9.47 Å². The number of ether oxygens (including phenoxy) is 2. The Balaban J connectivity index is 1.96. The number of methoxy groups -OCH3 is 2. The molecule has 0 bridgehead atoms. The van der Waals surface area contributed by atoms with Gasteiger partial charge >= 0.3 is 0 Å². The molecule has 2 fully saturated rings. The van der Waals surface area contributed by atoms with Crippen molar-refractivity contribution in [1.29, 1.82) is 0 Å². The highest BCUT2D eigenvalue weighted by atomic mass is 32.2. The third kappa shape index (κ3) is 3.79. The van der Waals surface area contributed by atoms with Gasteiger partial charge in [-0.05, 0) is 60.0 Å². The Kier molecular flexibility index (Phi) is 5.79. The van der Waals surface area contributed by atoms with Crippen molar-refractivity contribution in [2.45, 2.75) is 64.7 Å². The molecule has 158 valence electrons. The standard InChI is InChI=1S/C23H36O4S/c1-16-8-9-21-22(2,3)10-7-11-23(21,4)20(16)15-28(24,25)19-13-17(26-5)12-18(14-19)27-6/h12-14,16,20-21H,7-11,15H2,1-6H3/t16-,20-,21?,23+/m0/s1. The van der Waals surface area contributed by atoms with Gasteiger partial charge in [0.15, 0.2) is 9.84 Å². The Labute approximate surface area is 170 Å². The van der Waals surface area contributed by atoms with Gasteiger partial charge in [-0.25, -0.2) is 8.42 Å². The van der Waals surface area contributed by atoms with E-state index in [1.807, 2.05) is 0 Å². The minimum atomic E-state index is -3.44. The number of hydrogen-bond acceptors (Lipinski definition) is 4. The maximum Gasteiger partial charge on any atom is 0.178 e. The van der Waals surface area contributed by atoms with Crippen molar-refractivity contribution in [2.75, 3.05) is 20.0 Å². The Morgan fingerprint density at radius 1 is 1.00 bits per heavy atom. The SMILES string of the molecule is COc1cc(OC)cc(S(=O)(=O)C[C@H]2[C@@H](C)CCC3C(C)(C)CCC[C@@]32C)c1. The molecule has 28 heavy (non-hydrogen) atoms. The second-order valence-corrected chi connectivity index (χ2v) is 11.9. The fraction of sp³-hybridized carbons (Fsp3) is 0.739. The average Bonchev–Trinajstić information content (AvgIpc) is 2.63. The summed E-state index contributed by atoms with van der Waals surface area (Å²) in [4.78, 5) is 0.302. The maximum absolute atomic E-state index is 13.4. The first-order valence-corrected chi connectivity index (χ1v) is 12.1. The van der Waals surface area contributed by atoms with E-state index in [4.69, 9.17) is 9.47 Å². The van der Waals surface area contributed by atoms with Gasteiger partial charge in [-0.1, -0.05) is 40.5 Å². The van der Waals surface area contributed by atoms with Crippen molar-refractivity contribution in [3.8, 4) is 11.5 Å². The molecule has 2 aliphatic carbocycles. The van der Waals surface area contributed by atoms with Crippen LogP contribution in [0.3, 0.4) is 0 Å². The van der Waals surface area contributed by atoms with Crippen molar-refractivity contribution >= 4 is 9.84 Å². The second-order valence-electron chi connectivity index (χ2n) is 9.89. The third-order valence-corrected chi connectivity index (χ3v) is 9.56. The van der Waals surface area contributed by atoms with Crippen molar-refractivity contribution < 1.29 is 17.9 Å². The molecule has 0 aromatic heterocycles. The van der Waals surface area contributed by atoms with Gasteiger partial charge in [0.05, 0.1) is 24.9 Å².